The van der Waals surface area contributed by atoms with E-state index in [-0.39, 0.29) is 7.33 Å². The molecule has 0 saturated carbocycles. The van der Waals surface area contributed by atoms with Crippen LogP contribution in [0.2, 0.25) is 0 Å². The molecule has 56 valence electrons. The van der Waals surface area contributed by atoms with E-state index in [2.05, 4.69) is 5.73 Å². The minimum absolute atomic E-state index is 0. The van der Waals surface area contributed by atoms with Crippen LogP contribution in [0.3, 0.4) is 0 Å². The normalized spacial score (nSPS) is 7.30. The minimum Gasteiger partial charge on any atom is -0.370 e. The van der Waals surface area contributed by atoms with Gasteiger partial charge in [-0.05, 0) is 0 Å². The molecule has 0 unspecified atom stereocenters. The van der Waals surface area contributed by atoms with E-state index in [4.69, 9.17) is 0 Å². The summed E-state index contributed by atoms with van der Waals surface area (Å²) in [6.45, 7) is 1.31. The predicted octanol–water partition coefficient (Wildman–Crippen LogP) is 1.42. The van der Waals surface area contributed by atoms with Gasteiger partial charge in [-0.3, -0.25) is 4.79 Å². The van der Waals surface area contributed by atoms with Gasteiger partial charge in [0.1, 0.15) is 0 Å². The first kappa shape index (κ1) is 8.69. The van der Waals surface area contributed by atoms with Gasteiger partial charge >= 0.3 is 0 Å². The monoisotopic (exact) mass is 139 g/mol. The number of primary amides is 1. The van der Waals surface area contributed by atoms with Crippen molar-refractivity contribution in [3.63, 3.8) is 0 Å². The number of carbonyl (C=O) groups is 1. The van der Waals surface area contributed by atoms with Crippen LogP contribution in [-0.4, -0.2) is 5.91 Å². The Labute approximate surface area is 62.2 Å². The summed E-state index contributed by atoms with van der Waals surface area (Å²) in [7, 11) is 0. The van der Waals surface area contributed by atoms with E-state index in [1.54, 1.807) is 0 Å². The molecule has 2 nitrogen and oxygen atoms in total. The third-order valence-corrected chi connectivity index (χ3v) is 0.667. The van der Waals surface area contributed by atoms with Crippen LogP contribution in [0, 0.1) is 0 Å². The van der Waals surface area contributed by atoms with Crippen LogP contribution >= 0.6 is 0 Å². The van der Waals surface area contributed by atoms with Crippen molar-refractivity contribution >= 4 is 5.91 Å². The average Bonchev–Trinajstić information content (AvgIpc) is 1.90. The first-order valence-electron chi connectivity index (χ1n) is 2.99. The van der Waals surface area contributed by atoms with E-state index in [9.17, 15) is 4.79 Å². The van der Waals surface area contributed by atoms with Gasteiger partial charge in [-0.15, -0.1) is 0 Å². The van der Waals surface area contributed by atoms with E-state index < -0.39 is 0 Å². The lowest BCUT2D eigenvalue weighted by Gasteiger charge is -1.69. The zero-order valence-corrected chi connectivity index (χ0v) is 5.95. The molecule has 0 atom stereocenters. The number of nitrogens with two attached hydrogens (primary N) is 1. The van der Waals surface area contributed by atoms with Crippen LogP contribution in [-0.2, 0) is 4.79 Å². The third kappa shape index (κ3) is 9.85. The summed E-state index contributed by atoms with van der Waals surface area (Å²) < 4.78 is 0. The molecule has 0 aliphatic rings. The molecule has 1 amide bonds. The van der Waals surface area contributed by atoms with Crippen LogP contribution in [0.1, 0.15) is 8.35 Å². The van der Waals surface area contributed by atoms with Gasteiger partial charge in [0.05, 0.1) is 0 Å². The van der Waals surface area contributed by atoms with Crippen molar-refractivity contribution in [1.29, 1.82) is 0 Å². The Bertz CT molecular complexity index is 146. The van der Waals surface area contributed by atoms with E-state index in [1.165, 1.54) is 6.92 Å². The molecule has 0 aromatic heterocycles. The van der Waals surface area contributed by atoms with Crippen LogP contribution in [0.25, 0.3) is 0 Å². The van der Waals surface area contributed by atoms with Crippen molar-refractivity contribution in [1.82, 2.24) is 0 Å². The van der Waals surface area contributed by atoms with Crippen molar-refractivity contribution in [2.45, 2.75) is 6.92 Å². The highest BCUT2D eigenvalue weighted by Crippen LogP contribution is 1.79. The second-order valence-electron chi connectivity index (χ2n) is 1.77. The lowest BCUT2D eigenvalue weighted by atomic mass is 10.4. The van der Waals surface area contributed by atoms with E-state index in [1.807, 2.05) is 36.4 Å². The molecular formula is C8H13NO. The fourth-order valence-corrected chi connectivity index (χ4v) is 0.385. The second-order valence-corrected chi connectivity index (χ2v) is 1.77. The second kappa shape index (κ2) is 5.82. The predicted molar refractivity (Wildman–Crippen MR) is 43.4 cm³/mol. The zero-order valence-electron chi connectivity index (χ0n) is 5.95. The average molecular weight is 139 g/mol. The van der Waals surface area contributed by atoms with E-state index >= 15 is 0 Å². The number of rotatable bonds is 0. The largest absolute Gasteiger partial charge is 0.370 e. The van der Waals surface area contributed by atoms with Gasteiger partial charge < -0.3 is 5.73 Å². The lowest BCUT2D eigenvalue weighted by molar-refractivity contribution is -0.115. The fraction of sp³-hybridized carbons (Fsp3) is 0.125. The van der Waals surface area contributed by atoms with Gasteiger partial charge in [0.2, 0.25) is 5.91 Å². The molecule has 2 N–H and O–H groups in total. The first-order valence-corrected chi connectivity index (χ1v) is 2.99. The summed E-state index contributed by atoms with van der Waals surface area (Å²) in [6, 6.07) is 12.0. The number of benzene rings is 1. The number of carbonyl (C=O) groups excluding carboxylic acids is 1. The summed E-state index contributed by atoms with van der Waals surface area (Å²) in [5.74, 6) is -0.333. The summed E-state index contributed by atoms with van der Waals surface area (Å²) in [4.78, 5) is 9.22. The Morgan fingerprint density at radius 3 is 1.30 bits per heavy atom. The molecule has 1 rings (SSSR count). The standard InChI is InChI=1S/C6H6.C2H5NO.H2/c1-2-4-6-5-3-1;1-2(3)4;/h1-6H;1H3,(H2,3,4);1H. The maximum Gasteiger partial charge on any atom is 0.214 e. The van der Waals surface area contributed by atoms with Gasteiger partial charge in [0.15, 0.2) is 0 Å². The van der Waals surface area contributed by atoms with Crippen molar-refractivity contribution in [3.8, 4) is 0 Å². The molecule has 0 aliphatic carbocycles. The molecule has 2 heteroatoms. The molecule has 1 aromatic rings. The van der Waals surface area contributed by atoms with Gasteiger partial charge in [-0.1, -0.05) is 36.4 Å². The Morgan fingerprint density at radius 2 is 1.20 bits per heavy atom. The van der Waals surface area contributed by atoms with Crippen molar-refractivity contribution in [2.75, 3.05) is 0 Å². The Morgan fingerprint density at radius 1 is 1.10 bits per heavy atom. The highest BCUT2D eigenvalue weighted by Gasteiger charge is 1.61. The van der Waals surface area contributed by atoms with Crippen molar-refractivity contribution in [3.05, 3.63) is 36.4 Å². The summed E-state index contributed by atoms with van der Waals surface area (Å²) in [5.41, 5.74) is 4.47. The molecule has 0 radical (unpaired) electrons. The van der Waals surface area contributed by atoms with Gasteiger partial charge in [0, 0.05) is 8.35 Å². The van der Waals surface area contributed by atoms with E-state index in [0.29, 0.717) is 0 Å². The molecule has 0 heterocycles. The Hall–Kier alpha value is -1.31. The number of amides is 1. The van der Waals surface area contributed by atoms with Crippen LogP contribution in [0.4, 0.5) is 0 Å². The van der Waals surface area contributed by atoms with Gasteiger partial charge in [-0.25, -0.2) is 0 Å². The van der Waals surface area contributed by atoms with Crippen LogP contribution in [0.15, 0.2) is 36.4 Å². The molecule has 0 spiro atoms. The molecule has 10 heavy (non-hydrogen) atoms. The van der Waals surface area contributed by atoms with E-state index in [0.717, 1.165) is 0 Å². The molecule has 0 aliphatic heterocycles. The first-order chi connectivity index (χ1) is 4.73. The summed E-state index contributed by atoms with van der Waals surface area (Å²) in [5, 5.41) is 0. The van der Waals surface area contributed by atoms with Crippen LogP contribution < -0.4 is 5.73 Å². The Balaban J connectivity index is 0. The highest BCUT2D eigenvalue weighted by molar-refractivity contribution is 5.70. The molecule has 0 bridgehead atoms. The number of hydrogen-bond donors (Lipinski definition) is 1. The summed E-state index contributed by atoms with van der Waals surface area (Å²) >= 11 is 0. The number of hydrogen-bond acceptors (Lipinski definition) is 1. The molecule has 0 saturated heterocycles. The molecule has 1 aromatic carbocycles. The maximum absolute atomic E-state index is 9.22. The van der Waals surface area contributed by atoms with Gasteiger partial charge in [0.25, 0.3) is 0 Å². The zero-order chi connectivity index (χ0) is 7.82. The highest BCUT2D eigenvalue weighted by atomic mass is 16.1. The molecule has 0 fully saturated rings. The van der Waals surface area contributed by atoms with Crippen molar-refractivity contribution < 1.29 is 6.22 Å². The van der Waals surface area contributed by atoms with Crippen LogP contribution in [0.5, 0.6) is 0 Å². The SMILES string of the molecule is CC(N)=O.[HH].c1ccccc1. The maximum atomic E-state index is 9.22. The van der Waals surface area contributed by atoms with Gasteiger partial charge in [-0.2, -0.15) is 0 Å². The lowest BCUT2D eigenvalue weighted by Crippen LogP contribution is -2.01. The van der Waals surface area contributed by atoms with Crippen molar-refractivity contribution in [2.24, 2.45) is 5.73 Å². The topological polar surface area (TPSA) is 43.1 Å². The molecular weight excluding hydrogens is 126 g/mol. The summed E-state index contributed by atoms with van der Waals surface area (Å²) in [6.07, 6.45) is 0. The quantitative estimate of drug-likeness (QED) is 0.580. The minimum atomic E-state index is -0.333. The fourth-order valence-electron chi connectivity index (χ4n) is 0.385. The Kier molecular flexibility index (Phi) is 5.06. The third-order valence-electron chi connectivity index (χ3n) is 0.667. The smallest absolute Gasteiger partial charge is 0.214 e.